The van der Waals surface area contributed by atoms with Crippen molar-refractivity contribution in [2.75, 3.05) is 7.11 Å². The van der Waals surface area contributed by atoms with Crippen molar-refractivity contribution in [1.82, 2.24) is 0 Å². The molecule has 1 unspecified atom stereocenters. The van der Waals surface area contributed by atoms with Crippen LogP contribution in [0.5, 0.6) is 5.75 Å². The van der Waals surface area contributed by atoms with Gasteiger partial charge >= 0.3 is 0 Å². The Morgan fingerprint density at radius 3 is 2.50 bits per heavy atom. The van der Waals surface area contributed by atoms with Crippen molar-refractivity contribution in [2.24, 2.45) is 0 Å². The summed E-state index contributed by atoms with van der Waals surface area (Å²) in [4.78, 5) is 0. The first-order chi connectivity index (χ1) is 7.60. The molecule has 0 aliphatic carbocycles. The zero-order chi connectivity index (χ0) is 12.1. The summed E-state index contributed by atoms with van der Waals surface area (Å²) in [7, 11) is 1.68. The van der Waals surface area contributed by atoms with Crippen molar-refractivity contribution in [3.63, 3.8) is 0 Å². The second-order valence-corrected chi connectivity index (χ2v) is 4.34. The quantitative estimate of drug-likeness (QED) is 0.825. The Morgan fingerprint density at radius 1 is 1.25 bits per heavy atom. The first-order valence-electron chi connectivity index (χ1n) is 5.93. The number of unbranched alkanes of at least 4 members (excludes halogenated alkanes) is 1. The summed E-state index contributed by atoms with van der Waals surface area (Å²) in [5.41, 5.74) is 3.22. The van der Waals surface area contributed by atoms with E-state index in [0.717, 1.165) is 41.7 Å². The first kappa shape index (κ1) is 13.0. The predicted octanol–water partition coefficient (Wildman–Crippen LogP) is 3.54. The van der Waals surface area contributed by atoms with Gasteiger partial charge in [-0.05, 0) is 49.1 Å². The third-order valence-corrected chi connectivity index (χ3v) is 2.97. The molecule has 0 spiro atoms. The maximum Gasteiger partial charge on any atom is 0.122 e. The molecule has 0 saturated carbocycles. The largest absolute Gasteiger partial charge is 0.496 e. The van der Waals surface area contributed by atoms with Gasteiger partial charge < -0.3 is 9.84 Å². The van der Waals surface area contributed by atoms with Crippen molar-refractivity contribution < 1.29 is 9.84 Å². The second-order valence-electron chi connectivity index (χ2n) is 4.34. The van der Waals surface area contributed by atoms with E-state index in [1.807, 2.05) is 26.0 Å². The molecule has 1 rings (SSSR count). The number of methoxy groups -OCH3 is 1. The maximum atomic E-state index is 10.1. The summed E-state index contributed by atoms with van der Waals surface area (Å²) in [5, 5.41) is 10.1. The van der Waals surface area contributed by atoms with Gasteiger partial charge in [-0.25, -0.2) is 0 Å². The minimum atomic E-state index is -0.343. The van der Waals surface area contributed by atoms with Gasteiger partial charge in [-0.15, -0.1) is 0 Å². The molecule has 0 aromatic heterocycles. The molecule has 0 radical (unpaired) electrons. The maximum absolute atomic E-state index is 10.1. The van der Waals surface area contributed by atoms with E-state index in [1.54, 1.807) is 7.11 Å². The van der Waals surface area contributed by atoms with Crippen LogP contribution in [-0.4, -0.2) is 12.2 Å². The number of aryl methyl sites for hydroxylation is 2. The summed E-state index contributed by atoms with van der Waals surface area (Å²) in [6, 6.07) is 4.04. The molecule has 0 aliphatic rings. The van der Waals surface area contributed by atoms with Crippen LogP contribution in [0.1, 0.15) is 49.0 Å². The SMILES string of the molecule is CCCCC(O)c1cc(C)c(OC)cc1C. The minimum Gasteiger partial charge on any atom is -0.496 e. The van der Waals surface area contributed by atoms with Crippen molar-refractivity contribution in [3.05, 3.63) is 28.8 Å². The van der Waals surface area contributed by atoms with E-state index in [0.29, 0.717) is 0 Å². The molecule has 2 nitrogen and oxygen atoms in total. The zero-order valence-electron chi connectivity index (χ0n) is 10.7. The molecule has 0 amide bonds. The Labute approximate surface area is 98.3 Å². The molecule has 16 heavy (non-hydrogen) atoms. The lowest BCUT2D eigenvalue weighted by molar-refractivity contribution is 0.163. The summed E-state index contributed by atoms with van der Waals surface area (Å²) in [6.45, 7) is 6.17. The average molecular weight is 222 g/mol. The van der Waals surface area contributed by atoms with Crippen LogP contribution in [0.4, 0.5) is 0 Å². The van der Waals surface area contributed by atoms with Crippen LogP contribution in [0.25, 0.3) is 0 Å². The minimum absolute atomic E-state index is 0.343. The van der Waals surface area contributed by atoms with E-state index in [4.69, 9.17) is 4.74 Å². The van der Waals surface area contributed by atoms with Crippen LogP contribution in [0.15, 0.2) is 12.1 Å². The van der Waals surface area contributed by atoms with Crippen molar-refractivity contribution in [1.29, 1.82) is 0 Å². The number of benzene rings is 1. The predicted molar refractivity (Wildman–Crippen MR) is 67.0 cm³/mol. The first-order valence-corrected chi connectivity index (χ1v) is 5.93. The number of aliphatic hydroxyl groups excluding tert-OH is 1. The smallest absolute Gasteiger partial charge is 0.122 e. The van der Waals surface area contributed by atoms with Gasteiger partial charge in [0.2, 0.25) is 0 Å². The molecule has 2 heteroatoms. The fourth-order valence-corrected chi connectivity index (χ4v) is 1.94. The van der Waals surface area contributed by atoms with Gasteiger partial charge in [0.1, 0.15) is 5.75 Å². The summed E-state index contributed by atoms with van der Waals surface area (Å²) < 4.78 is 5.26. The highest BCUT2D eigenvalue weighted by atomic mass is 16.5. The third-order valence-electron chi connectivity index (χ3n) is 2.97. The molecule has 1 N–H and O–H groups in total. The third kappa shape index (κ3) is 2.99. The van der Waals surface area contributed by atoms with E-state index < -0.39 is 0 Å². The monoisotopic (exact) mass is 222 g/mol. The van der Waals surface area contributed by atoms with Crippen molar-refractivity contribution >= 4 is 0 Å². The lowest BCUT2D eigenvalue weighted by Crippen LogP contribution is -2.02. The van der Waals surface area contributed by atoms with Crippen LogP contribution in [-0.2, 0) is 0 Å². The molecule has 1 aromatic rings. The Kier molecular flexibility index (Phi) is 4.81. The van der Waals surface area contributed by atoms with E-state index in [9.17, 15) is 5.11 Å². The van der Waals surface area contributed by atoms with Gasteiger partial charge in [-0.3, -0.25) is 0 Å². The number of ether oxygens (including phenoxy) is 1. The second kappa shape index (κ2) is 5.90. The lowest BCUT2D eigenvalue weighted by atomic mass is 9.97. The van der Waals surface area contributed by atoms with Gasteiger partial charge in [-0.2, -0.15) is 0 Å². The lowest BCUT2D eigenvalue weighted by Gasteiger charge is -2.16. The van der Waals surface area contributed by atoms with Crippen molar-refractivity contribution in [2.45, 2.75) is 46.1 Å². The highest BCUT2D eigenvalue weighted by molar-refractivity contribution is 5.42. The van der Waals surface area contributed by atoms with Gasteiger partial charge in [0, 0.05) is 0 Å². The van der Waals surface area contributed by atoms with Crippen LogP contribution in [0, 0.1) is 13.8 Å². The van der Waals surface area contributed by atoms with Gasteiger partial charge in [0.25, 0.3) is 0 Å². The van der Waals surface area contributed by atoms with Crippen LogP contribution >= 0.6 is 0 Å². The molecular formula is C14H22O2. The van der Waals surface area contributed by atoms with Crippen LogP contribution in [0.2, 0.25) is 0 Å². The van der Waals surface area contributed by atoms with Gasteiger partial charge in [0.15, 0.2) is 0 Å². The Morgan fingerprint density at radius 2 is 1.94 bits per heavy atom. The van der Waals surface area contributed by atoms with Crippen LogP contribution < -0.4 is 4.74 Å². The highest BCUT2D eigenvalue weighted by Crippen LogP contribution is 2.28. The molecule has 1 atom stereocenters. The van der Waals surface area contributed by atoms with E-state index in [1.165, 1.54) is 0 Å². The molecule has 0 fully saturated rings. The number of aliphatic hydroxyl groups is 1. The molecule has 1 aromatic carbocycles. The molecule has 0 heterocycles. The Bertz CT molecular complexity index is 345. The fourth-order valence-electron chi connectivity index (χ4n) is 1.94. The summed E-state index contributed by atoms with van der Waals surface area (Å²) >= 11 is 0. The van der Waals surface area contributed by atoms with E-state index >= 15 is 0 Å². The van der Waals surface area contributed by atoms with Crippen LogP contribution in [0.3, 0.4) is 0 Å². The molecule has 0 aliphatic heterocycles. The van der Waals surface area contributed by atoms with Gasteiger partial charge in [-0.1, -0.05) is 19.8 Å². The topological polar surface area (TPSA) is 29.5 Å². The molecular weight excluding hydrogens is 200 g/mol. The Balaban J connectivity index is 2.92. The molecule has 0 bridgehead atoms. The molecule has 0 saturated heterocycles. The number of hydrogen-bond acceptors (Lipinski definition) is 2. The fraction of sp³-hybridized carbons (Fsp3) is 0.571. The average Bonchev–Trinajstić information content (AvgIpc) is 2.28. The summed E-state index contributed by atoms with van der Waals surface area (Å²) in [5.74, 6) is 0.893. The highest BCUT2D eigenvalue weighted by Gasteiger charge is 2.12. The normalized spacial score (nSPS) is 12.6. The van der Waals surface area contributed by atoms with E-state index in [-0.39, 0.29) is 6.10 Å². The van der Waals surface area contributed by atoms with E-state index in [2.05, 4.69) is 6.92 Å². The number of rotatable bonds is 5. The van der Waals surface area contributed by atoms with Gasteiger partial charge in [0.05, 0.1) is 13.2 Å². The van der Waals surface area contributed by atoms with Crippen molar-refractivity contribution in [3.8, 4) is 5.75 Å². The summed E-state index contributed by atoms with van der Waals surface area (Å²) in [6.07, 6.45) is 2.67. The number of hydrogen-bond donors (Lipinski definition) is 1. The standard InChI is InChI=1S/C14H22O2/c1-5-6-7-13(15)12-8-11(3)14(16-4)9-10(12)2/h8-9,13,15H,5-7H2,1-4H3. The zero-order valence-corrected chi connectivity index (χ0v) is 10.7. The Hall–Kier alpha value is -1.02. The molecule has 90 valence electrons.